The van der Waals surface area contributed by atoms with E-state index in [0.717, 1.165) is 31.2 Å². The molecule has 0 atom stereocenters. The number of rotatable bonds is 3. The van der Waals surface area contributed by atoms with Gasteiger partial charge in [0, 0.05) is 0 Å². The Kier molecular flexibility index (Phi) is 3.28. The molecule has 1 aliphatic carbocycles. The first kappa shape index (κ1) is 11.2. The summed E-state index contributed by atoms with van der Waals surface area (Å²) in [4.78, 5) is 11.9. The highest BCUT2D eigenvalue weighted by Crippen LogP contribution is 2.38. The van der Waals surface area contributed by atoms with Gasteiger partial charge in [-0.05, 0) is 25.3 Å². The molecule has 1 aromatic rings. The number of hydrogen-bond donors (Lipinski definition) is 0. The van der Waals surface area contributed by atoms with Gasteiger partial charge in [0.15, 0.2) is 0 Å². The van der Waals surface area contributed by atoms with E-state index in [-0.39, 0.29) is 11.4 Å². The summed E-state index contributed by atoms with van der Waals surface area (Å²) in [6, 6.07) is 9.83. The minimum Gasteiger partial charge on any atom is -0.460 e. The van der Waals surface area contributed by atoms with Crippen molar-refractivity contribution >= 4 is 5.97 Å². The van der Waals surface area contributed by atoms with Crippen LogP contribution >= 0.6 is 0 Å². The first-order chi connectivity index (χ1) is 7.71. The maximum atomic E-state index is 11.9. The average molecular weight is 218 g/mol. The Balaban J connectivity index is 1.89. The van der Waals surface area contributed by atoms with E-state index >= 15 is 0 Å². The molecule has 0 saturated heterocycles. The highest BCUT2D eigenvalue weighted by molar-refractivity contribution is 5.76. The quantitative estimate of drug-likeness (QED) is 0.727. The van der Waals surface area contributed by atoms with E-state index in [9.17, 15) is 4.79 Å². The number of ether oxygens (including phenoxy) is 1. The molecule has 1 fully saturated rings. The van der Waals surface area contributed by atoms with Crippen LogP contribution in [0.3, 0.4) is 0 Å². The first-order valence-corrected chi connectivity index (χ1v) is 5.92. The van der Waals surface area contributed by atoms with Gasteiger partial charge in [-0.2, -0.15) is 0 Å². The minimum atomic E-state index is -0.227. The Bertz CT molecular complexity index is 350. The molecule has 0 aliphatic heterocycles. The Labute approximate surface area is 96.6 Å². The Morgan fingerprint density at radius 1 is 1.25 bits per heavy atom. The average Bonchev–Trinajstić information content (AvgIpc) is 2.76. The molecular weight excluding hydrogens is 200 g/mol. The van der Waals surface area contributed by atoms with Gasteiger partial charge in [0.25, 0.3) is 0 Å². The summed E-state index contributed by atoms with van der Waals surface area (Å²) in [6.07, 6.45) is 4.25. The third kappa shape index (κ3) is 2.43. The number of esters is 1. The normalized spacial score (nSPS) is 18.3. The van der Waals surface area contributed by atoms with Crippen LogP contribution in [0.25, 0.3) is 0 Å². The highest BCUT2D eigenvalue weighted by atomic mass is 16.5. The van der Waals surface area contributed by atoms with Crippen LogP contribution in [0.5, 0.6) is 0 Å². The lowest BCUT2D eigenvalue weighted by atomic mass is 9.89. The number of carbonyl (C=O) groups excluding carboxylic acids is 1. The topological polar surface area (TPSA) is 26.3 Å². The van der Waals surface area contributed by atoms with Gasteiger partial charge in [0.2, 0.25) is 0 Å². The third-order valence-electron chi connectivity index (χ3n) is 3.41. The van der Waals surface area contributed by atoms with Gasteiger partial charge >= 0.3 is 5.97 Å². The largest absolute Gasteiger partial charge is 0.460 e. The van der Waals surface area contributed by atoms with Crippen LogP contribution in [0.2, 0.25) is 0 Å². The van der Waals surface area contributed by atoms with Crippen molar-refractivity contribution in [2.75, 3.05) is 0 Å². The SMILES string of the molecule is CC1(C(=O)OCc2ccccc2)CCCC1. The monoisotopic (exact) mass is 218 g/mol. The van der Waals surface area contributed by atoms with Gasteiger partial charge in [-0.25, -0.2) is 0 Å². The smallest absolute Gasteiger partial charge is 0.312 e. The maximum absolute atomic E-state index is 11.9. The summed E-state index contributed by atoms with van der Waals surface area (Å²) in [7, 11) is 0. The second kappa shape index (κ2) is 4.69. The van der Waals surface area contributed by atoms with Crippen LogP contribution in [0.4, 0.5) is 0 Å². The molecular formula is C14H18O2. The van der Waals surface area contributed by atoms with Crippen molar-refractivity contribution in [1.82, 2.24) is 0 Å². The van der Waals surface area contributed by atoms with Crippen LogP contribution in [0, 0.1) is 5.41 Å². The maximum Gasteiger partial charge on any atom is 0.312 e. The van der Waals surface area contributed by atoms with Gasteiger partial charge in [-0.1, -0.05) is 43.2 Å². The Hall–Kier alpha value is -1.31. The van der Waals surface area contributed by atoms with Crippen molar-refractivity contribution < 1.29 is 9.53 Å². The molecule has 0 bridgehead atoms. The number of carbonyl (C=O) groups is 1. The fourth-order valence-corrected chi connectivity index (χ4v) is 2.26. The zero-order valence-electron chi connectivity index (χ0n) is 9.74. The van der Waals surface area contributed by atoms with Crippen LogP contribution in [0.15, 0.2) is 30.3 Å². The van der Waals surface area contributed by atoms with E-state index in [1.165, 1.54) is 0 Å². The van der Waals surface area contributed by atoms with Gasteiger partial charge < -0.3 is 4.74 Å². The van der Waals surface area contributed by atoms with E-state index in [1.54, 1.807) is 0 Å². The summed E-state index contributed by atoms with van der Waals surface area (Å²) < 4.78 is 5.38. The van der Waals surface area contributed by atoms with Gasteiger partial charge in [0.1, 0.15) is 6.61 Å². The molecule has 2 heteroatoms. The third-order valence-corrected chi connectivity index (χ3v) is 3.41. The summed E-state index contributed by atoms with van der Waals surface area (Å²) in [5.74, 6) is -0.0335. The van der Waals surface area contributed by atoms with Gasteiger partial charge in [-0.15, -0.1) is 0 Å². The molecule has 1 aromatic carbocycles. The van der Waals surface area contributed by atoms with Crippen molar-refractivity contribution in [3.8, 4) is 0 Å². The number of benzene rings is 1. The predicted molar refractivity (Wildman–Crippen MR) is 62.8 cm³/mol. The lowest BCUT2D eigenvalue weighted by molar-refractivity contribution is -0.156. The zero-order valence-corrected chi connectivity index (χ0v) is 9.74. The fourth-order valence-electron chi connectivity index (χ4n) is 2.26. The first-order valence-electron chi connectivity index (χ1n) is 5.92. The summed E-state index contributed by atoms with van der Waals surface area (Å²) >= 11 is 0. The van der Waals surface area contributed by atoms with Crippen LogP contribution in [-0.2, 0) is 16.1 Å². The van der Waals surface area contributed by atoms with Crippen LogP contribution in [0.1, 0.15) is 38.2 Å². The van der Waals surface area contributed by atoms with Gasteiger partial charge in [0.05, 0.1) is 5.41 Å². The fraction of sp³-hybridized carbons (Fsp3) is 0.500. The molecule has 86 valence electrons. The van der Waals surface area contributed by atoms with Gasteiger partial charge in [-0.3, -0.25) is 4.79 Å². The summed E-state index contributed by atoms with van der Waals surface area (Å²) in [5.41, 5.74) is 0.826. The zero-order chi connectivity index (χ0) is 11.4. The second-order valence-corrected chi connectivity index (χ2v) is 4.83. The van der Waals surface area contributed by atoms with Crippen molar-refractivity contribution in [3.05, 3.63) is 35.9 Å². The van der Waals surface area contributed by atoms with Crippen molar-refractivity contribution in [1.29, 1.82) is 0 Å². The van der Waals surface area contributed by atoms with E-state index in [4.69, 9.17) is 4.74 Å². The minimum absolute atomic E-state index is 0.0335. The van der Waals surface area contributed by atoms with Crippen molar-refractivity contribution in [2.24, 2.45) is 5.41 Å². The lowest BCUT2D eigenvalue weighted by Gasteiger charge is -2.20. The van der Waals surface area contributed by atoms with Crippen LogP contribution < -0.4 is 0 Å². The molecule has 1 saturated carbocycles. The summed E-state index contributed by atoms with van der Waals surface area (Å²) in [6.45, 7) is 2.42. The summed E-state index contributed by atoms with van der Waals surface area (Å²) in [5, 5.41) is 0. The van der Waals surface area contributed by atoms with E-state index in [1.807, 2.05) is 37.3 Å². The molecule has 0 N–H and O–H groups in total. The van der Waals surface area contributed by atoms with E-state index < -0.39 is 0 Å². The standard InChI is InChI=1S/C14H18O2/c1-14(9-5-6-10-14)13(15)16-11-12-7-3-2-4-8-12/h2-4,7-8H,5-6,9-11H2,1H3. The molecule has 0 heterocycles. The number of hydrogen-bond acceptors (Lipinski definition) is 2. The molecule has 0 spiro atoms. The molecule has 0 amide bonds. The molecule has 0 unspecified atom stereocenters. The van der Waals surface area contributed by atoms with Crippen molar-refractivity contribution in [3.63, 3.8) is 0 Å². The molecule has 1 aliphatic rings. The Morgan fingerprint density at radius 2 is 1.88 bits per heavy atom. The highest BCUT2D eigenvalue weighted by Gasteiger charge is 2.37. The molecule has 0 aromatic heterocycles. The van der Waals surface area contributed by atoms with Crippen LogP contribution in [-0.4, -0.2) is 5.97 Å². The lowest BCUT2D eigenvalue weighted by Crippen LogP contribution is -2.26. The second-order valence-electron chi connectivity index (χ2n) is 4.83. The van der Waals surface area contributed by atoms with Crippen molar-refractivity contribution in [2.45, 2.75) is 39.2 Å². The molecule has 2 nitrogen and oxygen atoms in total. The van der Waals surface area contributed by atoms with E-state index in [0.29, 0.717) is 6.61 Å². The molecule has 2 rings (SSSR count). The van der Waals surface area contributed by atoms with E-state index in [2.05, 4.69) is 0 Å². The Morgan fingerprint density at radius 3 is 2.50 bits per heavy atom. The molecule has 0 radical (unpaired) electrons. The predicted octanol–water partition coefficient (Wildman–Crippen LogP) is 3.31. The molecule has 16 heavy (non-hydrogen) atoms.